The Hall–Kier alpha value is -1.99. The molecule has 0 spiro atoms. The average molecular weight is 349 g/mol. The first-order valence-electron chi connectivity index (χ1n) is 8.14. The fourth-order valence-electron chi connectivity index (χ4n) is 3.69. The van der Waals surface area contributed by atoms with Crippen molar-refractivity contribution in [3.05, 3.63) is 36.2 Å². The molecule has 128 valence electrons. The van der Waals surface area contributed by atoms with Crippen LogP contribution in [0.3, 0.4) is 0 Å². The maximum atomic E-state index is 12.3. The summed E-state index contributed by atoms with van der Waals surface area (Å²) >= 11 is 0. The Balaban J connectivity index is 0.00000169. The molecule has 2 aliphatic rings. The third kappa shape index (κ3) is 3.73. The van der Waals surface area contributed by atoms with Gasteiger partial charge in [0.05, 0.1) is 12.1 Å². The van der Waals surface area contributed by atoms with Crippen molar-refractivity contribution >= 4 is 18.3 Å². The number of hydrogen-bond donors (Lipinski definition) is 2. The summed E-state index contributed by atoms with van der Waals surface area (Å²) in [7, 11) is 0. The highest BCUT2D eigenvalue weighted by Gasteiger charge is 2.33. The molecule has 2 aliphatic heterocycles. The topological polar surface area (TPSA) is 84.7 Å². The predicted molar refractivity (Wildman–Crippen MR) is 91.2 cm³/mol. The highest BCUT2D eigenvalue weighted by molar-refractivity contribution is 5.85. The Labute approximate surface area is 146 Å². The summed E-state index contributed by atoms with van der Waals surface area (Å²) in [5, 5.41) is 17.9. The molecule has 4 rings (SSSR count). The molecule has 2 atom stereocenters. The van der Waals surface area contributed by atoms with Crippen molar-refractivity contribution < 1.29 is 4.79 Å². The van der Waals surface area contributed by atoms with Crippen LogP contribution in [0.2, 0.25) is 0 Å². The number of nitrogens with zero attached hydrogens (tertiary/aromatic N) is 4. The monoisotopic (exact) mass is 348 g/mol. The maximum Gasteiger partial charge on any atom is 0.224 e. The SMILES string of the molecule is Cl.O=C(Cc1ccc(-n2cnnn2)cc1)NC1CC2CCC(C1)N2. The number of nitrogens with one attached hydrogen (secondary N) is 2. The van der Waals surface area contributed by atoms with E-state index in [0.29, 0.717) is 24.5 Å². The van der Waals surface area contributed by atoms with E-state index < -0.39 is 0 Å². The molecule has 0 aliphatic carbocycles. The number of aromatic nitrogens is 4. The number of halogens is 1. The Morgan fingerprint density at radius 3 is 2.54 bits per heavy atom. The van der Waals surface area contributed by atoms with Gasteiger partial charge < -0.3 is 10.6 Å². The van der Waals surface area contributed by atoms with Gasteiger partial charge in [-0.25, -0.2) is 4.68 Å². The van der Waals surface area contributed by atoms with E-state index in [1.54, 1.807) is 11.0 Å². The summed E-state index contributed by atoms with van der Waals surface area (Å²) in [5.41, 5.74) is 1.88. The third-order valence-corrected chi connectivity index (χ3v) is 4.75. The van der Waals surface area contributed by atoms with Crippen LogP contribution >= 0.6 is 12.4 Å². The quantitative estimate of drug-likeness (QED) is 0.862. The van der Waals surface area contributed by atoms with Crippen LogP contribution in [-0.2, 0) is 11.2 Å². The van der Waals surface area contributed by atoms with Crippen molar-refractivity contribution in [3.63, 3.8) is 0 Å². The zero-order valence-corrected chi connectivity index (χ0v) is 14.1. The van der Waals surface area contributed by atoms with Gasteiger partial charge in [0, 0.05) is 18.1 Å². The lowest BCUT2D eigenvalue weighted by atomic mass is 9.99. The van der Waals surface area contributed by atoms with Gasteiger partial charge in [-0.2, -0.15) is 0 Å². The zero-order valence-electron chi connectivity index (χ0n) is 13.3. The molecule has 2 N–H and O–H groups in total. The molecule has 2 aromatic rings. The Morgan fingerprint density at radius 2 is 1.92 bits per heavy atom. The number of rotatable bonds is 4. The maximum absolute atomic E-state index is 12.3. The second-order valence-corrected chi connectivity index (χ2v) is 6.47. The Morgan fingerprint density at radius 1 is 1.21 bits per heavy atom. The van der Waals surface area contributed by atoms with Crippen LogP contribution in [0.4, 0.5) is 0 Å². The van der Waals surface area contributed by atoms with E-state index in [9.17, 15) is 4.79 Å². The number of amides is 1. The van der Waals surface area contributed by atoms with Gasteiger partial charge in [-0.1, -0.05) is 12.1 Å². The number of piperidine rings is 1. The molecule has 8 heteroatoms. The lowest BCUT2D eigenvalue weighted by molar-refractivity contribution is -0.121. The number of tetrazole rings is 1. The highest BCUT2D eigenvalue weighted by atomic mass is 35.5. The number of hydrogen-bond acceptors (Lipinski definition) is 5. The minimum atomic E-state index is 0. The second kappa shape index (κ2) is 7.27. The molecule has 0 radical (unpaired) electrons. The first kappa shape index (κ1) is 16.9. The standard InChI is InChI=1S/C16H20N6O.ClH/c23-16(19-14-8-12-3-4-13(9-14)18-12)7-11-1-5-15(6-2-11)22-10-17-20-21-22;/h1-2,5-6,10,12-14,18H,3-4,7-9H2,(H,19,23);1H. The van der Waals surface area contributed by atoms with Crippen LogP contribution in [0, 0.1) is 0 Å². The number of fused-ring (bicyclic) bond motifs is 2. The normalized spacial score (nSPS) is 25.1. The van der Waals surface area contributed by atoms with Gasteiger partial charge in [0.25, 0.3) is 0 Å². The van der Waals surface area contributed by atoms with Crippen molar-refractivity contribution in [1.82, 2.24) is 30.8 Å². The molecular weight excluding hydrogens is 328 g/mol. The molecule has 0 saturated carbocycles. The predicted octanol–water partition coefficient (Wildman–Crippen LogP) is 1.03. The van der Waals surface area contributed by atoms with Gasteiger partial charge in [-0.05, 0) is 53.8 Å². The number of benzene rings is 1. The Bertz CT molecular complexity index is 662. The molecule has 1 aromatic heterocycles. The van der Waals surface area contributed by atoms with Crippen LogP contribution in [0.1, 0.15) is 31.2 Å². The number of carbonyl (C=O) groups is 1. The largest absolute Gasteiger partial charge is 0.353 e. The summed E-state index contributed by atoms with van der Waals surface area (Å²) < 4.78 is 1.59. The van der Waals surface area contributed by atoms with E-state index in [2.05, 4.69) is 26.2 Å². The van der Waals surface area contributed by atoms with Gasteiger partial charge in [0.2, 0.25) is 5.91 Å². The molecule has 2 saturated heterocycles. The molecule has 24 heavy (non-hydrogen) atoms. The van der Waals surface area contributed by atoms with Crippen LogP contribution in [0.5, 0.6) is 0 Å². The minimum Gasteiger partial charge on any atom is -0.353 e. The average Bonchev–Trinajstić information content (AvgIpc) is 3.18. The summed E-state index contributed by atoms with van der Waals surface area (Å²) in [6.07, 6.45) is 6.56. The van der Waals surface area contributed by atoms with Gasteiger partial charge in [-0.15, -0.1) is 17.5 Å². The molecule has 1 aromatic carbocycles. The van der Waals surface area contributed by atoms with E-state index >= 15 is 0 Å². The molecule has 7 nitrogen and oxygen atoms in total. The van der Waals surface area contributed by atoms with Crippen LogP contribution in [-0.4, -0.2) is 44.2 Å². The lowest BCUT2D eigenvalue weighted by Gasteiger charge is -2.29. The van der Waals surface area contributed by atoms with Gasteiger partial charge >= 0.3 is 0 Å². The fraction of sp³-hybridized carbons (Fsp3) is 0.500. The number of carbonyl (C=O) groups excluding carboxylic acids is 1. The zero-order chi connectivity index (χ0) is 15.6. The molecule has 2 fully saturated rings. The molecular formula is C16H21ClN6O. The van der Waals surface area contributed by atoms with E-state index in [4.69, 9.17) is 0 Å². The van der Waals surface area contributed by atoms with E-state index in [0.717, 1.165) is 24.1 Å². The van der Waals surface area contributed by atoms with Crippen molar-refractivity contribution in [3.8, 4) is 5.69 Å². The van der Waals surface area contributed by atoms with Crippen LogP contribution < -0.4 is 10.6 Å². The van der Waals surface area contributed by atoms with Gasteiger partial charge in [0.15, 0.2) is 0 Å². The van der Waals surface area contributed by atoms with Gasteiger partial charge in [-0.3, -0.25) is 4.79 Å². The first-order valence-corrected chi connectivity index (χ1v) is 8.14. The third-order valence-electron chi connectivity index (χ3n) is 4.75. The lowest BCUT2D eigenvalue weighted by Crippen LogP contribution is -2.48. The molecule has 2 unspecified atom stereocenters. The molecule has 1 amide bonds. The second-order valence-electron chi connectivity index (χ2n) is 6.47. The highest BCUT2D eigenvalue weighted by Crippen LogP contribution is 2.26. The van der Waals surface area contributed by atoms with Crippen LogP contribution in [0.15, 0.2) is 30.6 Å². The van der Waals surface area contributed by atoms with Crippen molar-refractivity contribution in [1.29, 1.82) is 0 Å². The van der Waals surface area contributed by atoms with Gasteiger partial charge in [0.1, 0.15) is 6.33 Å². The molecule has 3 heterocycles. The molecule has 2 bridgehead atoms. The fourth-order valence-corrected chi connectivity index (χ4v) is 3.69. The summed E-state index contributed by atoms with van der Waals surface area (Å²) in [5.74, 6) is 0.103. The summed E-state index contributed by atoms with van der Waals surface area (Å²) in [6.45, 7) is 0. The van der Waals surface area contributed by atoms with E-state index in [-0.39, 0.29) is 18.3 Å². The minimum absolute atomic E-state index is 0. The van der Waals surface area contributed by atoms with Crippen LogP contribution in [0.25, 0.3) is 5.69 Å². The summed E-state index contributed by atoms with van der Waals surface area (Å²) in [4.78, 5) is 12.3. The Kier molecular flexibility index (Phi) is 5.11. The van der Waals surface area contributed by atoms with E-state index in [1.165, 1.54) is 12.8 Å². The van der Waals surface area contributed by atoms with Crippen molar-refractivity contribution in [2.24, 2.45) is 0 Å². The summed E-state index contributed by atoms with van der Waals surface area (Å²) in [6, 6.07) is 9.24. The smallest absolute Gasteiger partial charge is 0.224 e. The van der Waals surface area contributed by atoms with E-state index in [1.807, 2.05) is 24.3 Å². The van der Waals surface area contributed by atoms with Crippen molar-refractivity contribution in [2.75, 3.05) is 0 Å². The van der Waals surface area contributed by atoms with Crippen molar-refractivity contribution in [2.45, 2.75) is 50.2 Å². The first-order chi connectivity index (χ1) is 11.3.